The molecule has 2 aromatic heterocycles. The smallest absolute Gasteiger partial charge is 0.175 e. The van der Waals surface area contributed by atoms with E-state index < -0.39 is 17.8 Å². The molecule has 0 saturated heterocycles. The van der Waals surface area contributed by atoms with Crippen LogP contribution in [0.25, 0.3) is 10.9 Å². The molecule has 1 unspecified atom stereocenters. The molecule has 11 heteroatoms. The maximum Gasteiger partial charge on any atom is 0.175 e. The van der Waals surface area contributed by atoms with E-state index in [0.29, 0.717) is 40.5 Å². The molecular weight excluding hydrogens is 480 g/mol. The molecular formula is C26H25F2N7O2. The Balaban J connectivity index is 1.66. The van der Waals surface area contributed by atoms with Gasteiger partial charge in [-0.1, -0.05) is 18.2 Å². The van der Waals surface area contributed by atoms with Crippen molar-refractivity contribution in [2.24, 2.45) is 16.5 Å². The van der Waals surface area contributed by atoms with E-state index in [-0.39, 0.29) is 23.7 Å². The van der Waals surface area contributed by atoms with Crippen molar-refractivity contribution in [2.45, 2.75) is 19.6 Å². The van der Waals surface area contributed by atoms with Gasteiger partial charge in [-0.3, -0.25) is 9.67 Å². The average molecular weight is 506 g/mol. The number of amidine groups is 1. The van der Waals surface area contributed by atoms with Crippen molar-refractivity contribution in [1.29, 1.82) is 0 Å². The molecule has 3 heterocycles. The Morgan fingerprint density at radius 2 is 1.76 bits per heavy atom. The lowest BCUT2D eigenvalue weighted by Gasteiger charge is -2.35. The molecule has 1 atom stereocenters. The van der Waals surface area contributed by atoms with Gasteiger partial charge in [0.1, 0.15) is 29.2 Å². The molecule has 1 aliphatic heterocycles. The van der Waals surface area contributed by atoms with Gasteiger partial charge in [-0.05, 0) is 25.1 Å². The van der Waals surface area contributed by atoms with Crippen molar-refractivity contribution in [3.63, 3.8) is 0 Å². The summed E-state index contributed by atoms with van der Waals surface area (Å²) in [6, 6.07) is 13.2. The molecule has 5 rings (SSSR count). The Labute approximate surface area is 211 Å². The lowest BCUT2D eigenvalue weighted by molar-refractivity contribution is 0.258. The highest BCUT2D eigenvalue weighted by Gasteiger charge is 2.34. The SMILES string of the molecule is CCOc1cc(F)c(Cn2nc(C3=NC(N)=C(OC)C(N)N3c3ccncc3)c3ccccc32)c(F)c1. The van der Waals surface area contributed by atoms with E-state index >= 15 is 0 Å². The quantitative estimate of drug-likeness (QED) is 0.395. The van der Waals surface area contributed by atoms with E-state index in [1.54, 1.807) is 36.4 Å². The predicted molar refractivity (Wildman–Crippen MR) is 136 cm³/mol. The number of hydrogen-bond donors (Lipinski definition) is 2. The number of methoxy groups -OCH3 is 1. The van der Waals surface area contributed by atoms with Crippen LogP contribution in [0.5, 0.6) is 5.75 Å². The standard InChI is InChI=1S/C26H25F2N7O2/c1-3-37-16-12-19(27)18(20(28)13-16)14-34-21-7-5-4-6-17(21)22(33-34)26-32-24(29)23(36-2)25(30)35(26)15-8-10-31-11-9-15/h4-13,25H,3,14,29-30H2,1-2H3. The van der Waals surface area contributed by atoms with Gasteiger partial charge in [0.25, 0.3) is 0 Å². The van der Waals surface area contributed by atoms with Crippen molar-refractivity contribution in [1.82, 2.24) is 14.8 Å². The van der Waals surface area contributed by atoms with Crippen LogP contribution in [0.15, 0.2) is 77.5 Å². The second kappa shape index (κ2) is 9.86. The molecule has 0 saturated carbocycles. The van der Waals surface area contributed by atoms with Gasteiger partial charge >= 0.3 is 0 Å². The topological polar surface area (TPSA) is 117 Å². The Kier molecular flexibility index (Phi) is 6.45. The van der Waals surface area contributed by atoms with Gasteiger partial charge in [0, 0.05) is 41.2 Å². The van der Waals surface area contributed by atoms with Crippen molar-refractivity contribution in [2.75, 3.05) is 18.6 Å². The summed E-state index contributed by atoms with van der Waals surface area (Å²) in [6.07, 6.45) is 2.45. The number of benzene rings is 2. The van der Waals surface area contributed by atoms with Crippen LogP contribution >= 0.6 is 0 Å². The van der Waals surface area contributed by atoms with Crippen LogP contribution < -0.4 is 21.1 Å². The first-order valence-corrected chi connectivity index (χ1v) is 11.6. The number of hydrogen-bond acceptors (Lipinski definition) is 8. The Bertz CT molecular complexity index is 1500. The summed E-state index contributed by atoms with van der Waals surface area (Å²) in [7, 11) is 1.47. The number of anilines is 1. The van der Waals surface area contributed by atoms with Crippen molar-refractivity contribution in [3.05, 3.63) is 95.4 Å². The first-order chi connectivity index (χ1) is 17.9. The highest BCUT2D eigenvalue weighted by molar-refractivity contribution is 6.16. The molecule has 0 amide bonds. The zero-order valence-corrected chi connectivity index (χ0v) is 20.2. The summed E-state index contributed by atoms with van der Waals surface area (Å²) >= 11 is 0. The minimum atomic E-state index is -0.801. The Hall–Kier alpha value is -4.51. The molecule has 2 aromatic carbocycles. The predicted octanol–water partition coefficient (Wildman–Crippen LogP) is 3.48. The van der Waals surface area contributed by atoms with Crippen LogP contribution in [0.2, 0.25) is 0 Å². The van der Waals surface area contributed by atoms with E-state index in [0.717, 1.165) is 0 Å². The summed E-state index contributed by atoms with van der Waals surface area (Å²) in [4.78, 5) is 10.4. The molecule has 0 fully saturated rings. The monoisotopic (exact) mass is 505 g/mol. The number of rotatable bonds is 7. The zero-order chi connectivity index (χ0) is 26.1. The Morgan fingerprint density at radius 3 is 2.43 bits per heavy atom. The highest BCUT2D eigenvalue weighted by atomic mass is 19.1. The van der Waals surface area contributed by atoms with Gasteiger partial charge in [0.05, 0.1) is 25.8 Å². The number of aromatic nitrogens is 3. The molecule has 0 aliphatic carbocycles. The summed E-state index contributed by atoms with van der Waals surface area (Å²) in [5.74, 6) is -0.559. The fourth-order valence-electron chi connectivity index (χ4n) is 4.35. The van der Waals surface area contributed by atoms with E-state index in [9.17, 15) is 8.78 Å². The third-order valence-electron chi connectivity index (χ3n) is 6.02. The number of halogens is 2. The largest absolute Gasteiger partial charge is 0.494 e. The number of ether oxygens (including phenoxy) is 2. The first kappa shape index (κ1) is 24.2. The van der Waals surface area contributed by atoms with Gasteiger partial charge in [0.2, 0.25) is 0 Å². The molecule has 4 aromatic rings. The summed E-state index contributed by atoms with van der Waals surface area (Å²) in [6.45, 7) is 1.88. The van der Waals surface area contributed by atoms with Gasteiger partial charge < -0.3 is 25.8 Å². The summed E-state index contributed by atoms with van der Waals surface area (Å²) in [5, 5.41) is 5.44. The van der Waals surface area contributed by atoms with Crippen LogP contribution in [0.4, 0.5) is 14.5 Å². The maximum absolute atomic E-state index is 14.9. The van der Waals surface area contributed by atoms with Crippen LogP contribution in [0.3, 0.4) is 0 Å². The molecule has 9 nitrogen and oxygen atoms in total. The number of aliphatic imine (C=N–C) groups is 1. The highest BCUT2D eigenvalue weighted by Crippen LogP contribution is 2.30. The fraction of sp³-hybridized carbons (Fsp3) is 0.192. The minimum absolute atomic E-state index is 0.109. The molecule has 190 valence electrons. The molecule has 0 bridgehead atoms. The number of para-hydroxylation sites is 1. The van der Waals surface area contributed by atoms with Crippen molar-refractivity contribution < 1.29 is 18.3 Å². The number of pyridine rings is 1. The van der Waals surface area contributed by atoms with Crippen LogP contribution in [-0.4, -0.2) is 40.5 Å². The van der Waals surface area contributed by atoms with Crippen molar-refractivity contribution in [3.8, 4) is 5.75 Å². The normalized spacial score (nSPS) is 15.8. The van der Waals surface area contributed by atoms with Crippen molar-refractivity contribution >= 4 is 22.4 Å². The number of fused-ring (bicyclic) bond motifs is 1. The average Bonchev–Trinajstić information content (AvgIpc) is 3.25. The molecule has 4 N–H and O–H groups in total. The second-order valence-corrected chi connectivity index (χ2v) is 8.23. The van der Waals surface area contributed by atoms with Crippen LogP contribution in [-0.2, 0) is 11.3 Å². The van der Waals surface area contributed by atoms with Gasteiger partial charge in [-0.25, -0.2) is 13.8 Å². The Morgan fingerprint density at radius 1 is 1.05 bits per heavy atom. The van der Waals surface area contributed by atoms with Crippen LogP contribution in [0, 0.1) is 11.6 Å². The van der Waals surface area contributed by atoms with E-state index in [2.05, 4.69) is 9.98 Å². The molecule has 0 radical (unpaired) electrons. The molecule has 1 aliphatic rings. The van der Waals surface area contributed by atoms with E-state index in [4.69, 9.17) is 26.0 Å². The van der Waals surface area contributed by atoms with Gasteiger partial charge in [-0.15, -0.1) is 0 Å². The number of nitrogens with two attached hydrogens (primary N) is 2. The van der Waals surface area contributed by atoms with E-state index in [1.807, 2.05) is 24.3 Å². The lowest BCUT2D eigenvalue weighted by atomic mass is 10.1. The lowest BCUT2D eigenvalue weighted by Crippen LogP contribution is -2.51. The van der Waals surface area contributed by atoms with Gasteiger partial charge in [0.15, 0.2) is 17.4 Å². The summed E-state index contributed by atoms with van der Waals surface area (Å²) in [5.41, 5.74) is 14.4. The third kappa shape index (κ3) is 4.33. The zero-order valence-electron chi connectivity index (χ0n) is 20.2. The second-order valence-electron chi connectivity index (χ2n) is 8.23. The first-order valence-electron chi connectivity index (χ1n) is 11.6. The fourth-order valence-corrected chi connectivity index (χ4v) is 4.35. The number of nitrogens with zero attached hydrogens (tertiary/aromatic N) is 5. The summed E-state index contributed by atoms with van der Waals surface area (Å²) < 4.78 is 42.0. The third-order valence-corrected chi connectivity index (χ3v) is 6.02. The minimum Gasteiger partial charge on any atom is -0.494 e. The molecule has 37 heavy (non-hydrogen) atoms. The van der Waals surface area contributed by atoms with Gasteiger partial charge in [-0.2, -0.15) is 5.10 Å². The maximum atomic E-state index is 14.9. The van der Waals surface area contributed by atoms with E-state index in [1.165, 1.54) is 23.9 Å². The molecule has 0 spiro atoms. The van der Waals surface area contributed by atoms with Crippen LogP contribution in [0.1, 0.15) is 18.2 Å².